The van der Waals surface area contributed by atoms with Crippen LogP contribution in [-0.2, 0) is 9.09 Å². The second-order valence-corrected chi connectivity index (χ2v) is 6.27. The van der Waals surface area contributed by atoms with Crippen LogP contribution in [0.1, 0.15) is 19.8 Å². The van der Waals surface area contributed by atoms with Gasteiger partial charge in [-0.1, -0.05) is 13.3 Å². The molecule has 0 aliphatic rings. The number of benzene rings is 1. The van der Waals surface area contributed by atoms with Gasteiger partial charge < -0.3 is 4.52 Å². The van der Waals surface area contributed by atoms with Gasteiger partial charge in [0.1, 0.15) is 0 Å². The van der Waals surface area contributed by atoms with Gasteiger partial charge >= 0.3 is 0 Å². The highest BCUT2D eigenvalue weighted by atomic mass is 31.2. The van der Waals surface area contributed by atoms with Gasteiger partial charge in [0.25, 0.3) is 5.69 Å². The van der Waals surface area contributed by atoms with Crippen molar-refractivity contribution in [3.63, 3.8) is 0 Å². The monoisotopic (exact) mass is 257 g/mol. The summed E-state index contributed by atoms with van der Waals surface area (Å²) in [6.07, 6.45) is 1.82. The minimum absolute atomic E-state index is 0.0118. The Morgan fingerprint density at radius 3 is 2.41 bits per heavy atom. The molecule has 5 nitrogen and oxygen atoms in total. The molecule has 0 saturated carbocycles. The molecule has 0 bridgehead atoms. The van der Waals surface area contributed by atoms with E-state index < -0.39 is 12.3 Å². The van der Waals surface area contributed by atoms with Gasteiger partial charge in [-0.3, -0.25) is 14.7 Å². The third-order valence-electron chi connectivity index (χ3n) is 2.37. The molecule has 0 aliphatic carbocycles. The summed E-state index contributed by atoms with van der Waals surface area (Å²) < 4.78 is 17.5. The number of rotatable bonds is 6. The van der Waals surface area contributed by atoms with Crippen molar-refractivity contribution in [2.75, 3.05) is 13.3 Å². The molecule has 0 heterocycles. The molecule has 0 spiro atoms. The number of hydrogen-bond donors (Lipinski definition) is 0. The Bertz CT molecular complexity index is 430. The van der Waals surface area contributed by atoms with E-state index in [9.17, 15) is 14.7 Å². The van der Waals surface area contributed by atoms with E-state index >= 15 is 0 Å². The van der Waals surface area contributed by atoms with Crippen LogP contribution in [0.5, 0.6) is 0 Å². The third-order valence-corrected chi connectivity index (χ3v) is 4.28. The summed E-state index contributed by atoms with van der Waals surface area (Å²) in [7, 11) is -2.85. The number of unbranched alkanes of at least 4 members (excludes halogenated alkanes) is 1. The van der Waals surface area contributed by atoms with E-state index in [0.29, 0.717) is 11.9 Å². The molecule has 0 fully saturated rings. The minimum Gasteiger partial charge on any atom is -0.325 e. The standard InChI is InChI=1S/C11H16NO4P/c1-3-4-9-16-17(2,15)11-7-5-10(6-8-11)12(13)14/h5-8H,3-4,9H2,1-2H3. The highest BCUT2D eigenvalue weighted by Gasteiger charge is 2.19. The number of non-ortho nitro benzene ring substituents is 1. The fourth-order valence-corrected chi connectivity index (χ4v) is 2.62. The lowest BCUT2D eigenvalue weighted by molar-refractivity contribution is -0.384. The quantitative estimate of drug-likeness (QED) is 0.340. The third kappa shape index (κ3) is 3.95. The van der Waals surface area contributed by atoms with E-state index in [1.54, 1.807) is 0 Å². The predicted molar refractivity (Wildman–Crippen MR) is 67.1 cm³/mol. The first-order valence-corrected chi connectivity index (χ1v) is 7.51. The number of nitro benzene ring substituents is 1. The van der Waals surface area contributed by atoms with Gasteiger partial charge in [-0.05, 0) is 18.6 Å². The summed E-state index contributed by atoms with van der Waals surface area (Å²) >= 11 is 0. The summed E-state index contributed by atoms with van der Waals surface area (Å²) in [5.74, 6) is 0. The van der Waals surface area contributed by atoms with Crippen LogP contribution in [0.4, 0.5) is 5.69 Å². The molecule has 0 radical (unpaired) electrons. The second kappa shape index (κ2) is 5.94. The molecule has 1 unspecified atom stereocenters. The van der Waals surface area contributed by atoms with Crippen molar-refractivity contribution in [1.29, 1.82) is 0 Å². The first-order chi connectivity index (χ1) is 7.97. The van der Waals surface area contributed by atoms with Crippen molar-refractivity contribution in [3.05, 3.63) is 34.4 Å². The molecule has 1 atom stereocenters. The average Bonchev–Trinajstić information content (AvgIpc) is 2.29. The Morgan fingerprint density at radius 2 is 1.94 bits per heavy atom. The predicted octanol–water partition coefficient (Wildman–Crippen LogP) is 2.94. The molecule has 6 heteroatoms. The molecule has 0 aliphatic heterocycles. The summed E-state index contributed by atoms with van der Waals surface area (Å²) in [6.45, 7) is 4.00. The van der Waals surface area contributed by atoms with Crippen molar-refractivity contribution in [1.82, 2.24) is 0 Å². The summed E-state index contributed by atoms with van der Waals surface area (Å²) in [5, 5.41) is 11.0. The number of nitrogens with zero attached hydrogens (tertiary/aromatic N) is 1. The topological polar surface area (TPSA) is 69.4 Å². The molecule has 1 aromatic carbocycles. The molecular formula is C11H16NO4P. The fourth-order valence-electron chi connectivity index (χ4n) is 1.30. The second-order valence-electron chi connectivity index (χ2n) is 3.81. The lowest BCUT2D eigenvalue weighted by Gasteiger charge is -2.13. The van der Waals surface area contributed by atoms with E-state index in [0.717, 1.165) is 12.8 Å². The van der Waals surface area contributed by atoms with Crippen molar-refractivity contribution < 1.29 is 14.0 Å². The normalized spacial score (nSPS) is 14.2. The molecule has 94 valence electrons. The maximum absolute atomic E-state index is 12.2. The summed E-state index contributed by atoms with van der Waals surface area (Å²) in [4.78, 5) is 9.99. The van der Waals surface area contributed by atoms with Gasteiger partial charge in [0.2, 0.25) is 7.37 Å². The van der Waals surface area contributed by atoms with Crippen LogP contribution >= 0.6 is 7.37 Å². The van der Waals surface area contributed by atoms with Crippen molar-refractivity contribution in [2.24, 2.45) is 0 Å². The molecule has 1 rings (SSSR count). The first kappa shape index (κ1) is 13.9. The van der Waals surface area contributed by atoms with Crippen LogP contribution in [0.3, 0.4) is 0 Å². The zero-order valence-electron chi connectivity index (χ0n) is 9.96. The van der Waals surface area contributed by atoms with E-state index in [2.05, 4.69) is 0 Å². The first-order valence-electron chi connectivity index (χ1n) is 5.44. The van der Waals surface area contributed by atoms with Crippen LogP contribution in [0.15, 0.2) is 24.3 Å². The molecule has 0 amide bonds. The van der Waals surface area contributed by atoms with Gasteiger partial charge in [0.05, 0.1) is 11.5 Å². The fraction of sp³-hybridized carbons (Fsp3) is 0.455. The van der Waals surface area contributed by atoms with Crippen LogP contribution in [0.2, 0.25) is 0 Å². The Balaban J connectivity index is 2.77. The van der Waals surface area contributed by atoms with Crippen LogP contribution in [-0.4, -0.2) is 18.2 Å². The van der Waals surface area contributed by atoms with Crippen LogP contribution in [0.25, 0.3) is 0 Å². The van der Waals surface area contributed by atoms with E-state index in [4.69, 9.17) is 4.52 Å². The number of hydrogen-bond acceptors (Lipinski definition) is 4. The highest BCUT2D eigenvalue weighted by molar-refractivity contribution is 7.66. The maximum atomic E-state index is 12.2. The SMILES string of the molecule is CCCCOP(C)(=O)c1ccc([N+](=O)[O-])cc1. The lowest BCUT2D eigenvalue weighted by atomic mass is 10.3. The molecular weight excluding hydrogens is 241 g/mol. The van der Waals surface area contributed by atoms with Crippen LogP contribution in [0, 0.1) is 10.1 Å². The maximum Gasteiger partial charge on any atom is 0.269 e. The smallest absolute Gasteiger partial charge is 0.269 e. The zero-order chi connectivity index (χ0) is 12.9. The van der Waals surface area contributed by atoms with Gasteiger partial charge in [-0.15, -0.1) is 0 Å². The molecule has 0 saturated heterocycles. The molecule has 17 heavy (non-hydrogen) atoms. The molecule has 0 N–H and O–H groups in total. The van der Waals surface area contributed by atoms with Gasteiger partial charge in [0, 0.05) is 24.1 Å². The summed E-state index contributed by atoms with van der Waals surface area (Å²) in [5.41, 5.74) is -0.0118. The zero-order valence-corrected chi connectivity index (χ0v) is 10.9. The van der Waals surface area contributed by atoms with Crippen molar-refractivity contribution in [2.45, 2.75) is 19.8 Å². The summed E-state index contributed by atoms with van der Waals surface area (Å²) in [6, 6.07) is 5.67. The largest absolute Gasteiger partial charge is 0.325 e. The average molecular weight is 257 g/mol. The Hall–Kier alpha value is -1.19. The van der Waals surface area contributed by atoms with E-state index in [1.165, 1.54) is 30.9 Å². The Labute approximate surface area is 100 Å². The van der Waals surface area contributed by atoms with E-state index in [1.807, 2.05) is 6.92 Å². The highest BCUT2D eigenvalue weighted by Crippen LogP contribution is 2.41. The molecule has 1 aromatic rings. The lowest BCUT2D eigenvalue weighted by Crippen LogP contribution is -2.07. The van der Waals surface area contributed by atoms with Crippen molar-refractivity contribution in [3.8, 4) is 0 Å². The minimum atomic E-state index is -2.85. The molecule has 0 aromatic heterocycles. The van der Waals surface area contributed by atoms with E-state index in [-0.39, 0.29) is 5.69 Å². The van der Waals surface area contributed by atoms with Gasteiger partial charge in [-0.2, -0.15) is 0 Å². The van der Waals surface area contributed by atoms with Gasteiger partial charge in [0.15, 0.2) is 0 Å². The van der Waals surface area contributed by atoms with Gasteiger partial charge in [-0.25, -0.2) is 0 Å². The van der Waals surface area contributed by atoms with Crippen molar-refractivity contribution >= 4 is 18.4 Å². The van der Waals surface area contributed by atoms with Crippen LogP contribution < -0.4 is 5.30 Å². The number of nitro groups is 1. The Kier molecular flexibility index (Phi) is 4.85. The Morgan fingerprint density at radius 1 is 1.35 bits per heavy atom.